The normalized spacial score (nSPS) is 28.7. The van der Waals surface area contributed by atoms with E-state index >= 15 is 0 Å². The third kappa shape index (κ3) is 3.46. The first-order chi connectivity index (χ1) is 10.2. The topological polar surface area (TPSA) is 30.7 Å². The average molecular weight is 288 g/mol. The molecule has 2 fully saturated rings. The Kier molecular flexibility index (Phi) is 4.59. The molecular weight excluding hydrogens is 262 g/mol. The lowest BCUT2D eigenvalue weighted by molar-refractivity contribution is -0.940. The Bertz CT molecular complexity index is 498. The molecule has 0 bridgehead atoms. The van der Waals surface area contributed by atoms with Crippen molar-refractivity contribution in [3.63, 3.8) is 0 Å². The van der Waals surface area contributed by atoms with Crippen LogP contribution < -0.4 is 4.90 Å². The van der Waals surface area contributed by atoms with Crippen LogP contribution in [0.4, 0.5) is 0 Å². The van der Waals surface area contributed by atoms with Crippen molar-refractivity contribution in [1.29, 1.82) is 0 Å². The first-order valence-electron chi connectivity index (χ1n) is 8.32. The minimum absolute atomic E-state index is 0.165. The number of nitrogens with one attached hydrogen (secondary N) is 1. The second-order valence-corrected chi connectivity index (χ2v) is 6.63. The van der Waals surface area contributed by atoms with Crippen molar-refractivity contribution >= 4 is 5.97 Å². The van der Waals surface area contributed by atoms with E-state index in [0.29, 0.717) is 18.1 Å². The molecule has 3 nitrogen and oxygen atoms in total. The van der Waals surface area contributed by atoms with Gasteiger partial charge in [-0.1, -0.05) is 17.7 Å². The van der Waals surface area contributed by atoms with Crippen LogP contribution in [0.1, 0.15) is 48.0 Å². The first-order valence-corrected chi connectivity index (χ1v) is 8.32. The lowest BCUT2D eigenvalue weighted by Gasteiger charge is -2.40. The molecule has 1 N–H and O–H groups in total. The van der Waals surface area contributed by atoms with Gasteiger partial charge in [-0.2, -0.15) is 0 Å². The summed E-state index contributed by atoms with van der Waals surface area (Å²) in [5.41, 5.74) is 1.78. The Morgan fingerprint density at radius 2 is 2.10 bits per heavy atom. The molecule has 0 spiro atoms. The molecular formula is C18H26NO2+. The number of quaternary nitrogens is 1. The third-order valence-corrected chi connectivity index (χ3v) is 5.11. The number of carbonyl (C=O) groups is 1. The molecule has 0 radical (unpaired) electrons. The predicted octanol–water partition coefficient (Wildman–Crippen LogP) is 2.00. The summed E-state index contributed by atoms with van der Waals surface area (Å²) in [7, 11) is 0. The van der Waals surface area contributed by atoms with Gasteiger partial charge in [0.1, 0.15) is 6.61 Å². The van der Waals surface area contributed by atoms with Crippen molar-refractivity contribution in [2.24, 2.45) is 5.92 Å². The number of aryl methyl sites for hydroxylation is 1. The molecule has 0 saturated carbocycles. The Hall–Kier alpha value is -1.35. The SMILES string of the molecule is Cc1cccc(C(=O)OC[C@@H]2CCC[NH+]3CCCC[C@@H]23)c1. The zero-order chi connectivity index (χ0) is 14.7. The number of esters is 1. The summed E-state index contributed by atoms with van der Waals surface area (Å²) in [6, 6.07) is 8.38. The summed E-state index contributed by atoms with van der Waals surface area (Å²) >= 11 is 0. The van der Waals surface area contributed by atoms with Crippen molar-refractivity contribution in [1.82, 2.24) is 0 Å². The van der Waals surface area contributed by atoms with Gasteiger partial charge in [0, 0.05) is 5.92 Å². The fourth-order valence-corrected chi connectivity index (χ4v) is 4.02. The van der Waals surface area contributed by atoms with E-state index < -0.39 is 0 Å². The van der Waals surface area contributed by atoms with E-state index in [1.807, 2.05) is 31.2 Å². The zero-order valence-electron chi connectivity index (χ0n) is 12.9. The number of hydrogen-bond donors (Lipinski definition) is 1. The van der Waals surface area contributed by atoms with Crippen LogP contribution in [0.15, 0.2) is 24.3 Å². The summed E-state index contributed by atoms with van der Waals surface area (Å²) in [5.74, 6) is 0.393. The molecule has 2 aliphatic heterocycles. The standard InChI is InChI=1S/C18H25NO2/c1-14-6-4-7-15(12-14)18(20)21-13-16-8-5-11-19-10-3-2-9-17(16)19/h4,6-7,12,16-17H,2-3,5,8-11,13H2,1H3/p+1/t16-,17-/m0/s1. The Morgan fingerprint density at radius 3 is 2.95 bits per heavy atom. The van der Waals surface area contributed by atoms with Crippen molar-refractivity contribution in [3.05, 3.63) is 35.4 Å². The number of fused-ring (bicyclic) bond motifs is 1. The van der Waals surface area contributed by atoms with E-state index in [1.54, 1.807) is 4.90 Å². The molecule has 1 aromatic carbocycles. The van der Waals surface area contributed by atoms with Gasteiger partial charge >= 0.3 is 5.97 Å². The predicted molar refractivity (Wildman–Crippen MR) is 82.5 cm³/mol. The molecule has 0 amide bonds. The smallest absolute Gasteiger partial charge is 0.338 e. The number of hydrogen-bond acceptors (Lipinski definition) is 2. The van der Waals surface area contributed by atoms with Gasteiger partial charge in [-0.05, 0) is 51.2 Å². The van der Waals surface area contributed by atoms with Crippen LogP contribution in [-0.2, 0) is 4.74 Å². The molecule has 0 aromatic heterocycles. The monoisotopic (exact) mass is 288 g/mol. The van der Waals surface area contributed by atoms with Crippen LogP contribution in [0.25, 0.3) is 0 Å². The molecule has 2 saturated heterocycles. The highest BCUT2D eigenvalue weighted by Gasteiger charge is 2.37. The highest BCUT2D eigenvalue weighted by Crippen LogP contribution is 2.21. The van der Waals surface area contributed by atoms with E-state index in [2.05, 4.69) is 0 Å². The third-order valence-electron chi connectivity index (χ3n) is 5.11. The van der Waals surface area contributed by atoms with Gasteiger partial charge in [-0.15, -0.1) is 0 Å². The average Bonchev–Trinajstić information content (AvgIpc) is 2.52. The largest absolute Gasteiger partial charge is 0.462 e. The lowest BCUT2D eigenvalue weighted by Crippen LogP contribution is -3.18. The molecule has 0 aliphatic carbocycles. The second kappa shape index (κ2) is 6.61. The minimum Gasteiger partial charge on any atom is -0.462 e. The Labute approximate surface area is 127 Å². The maximum atomic E-state index is 12.2. The van der Waals surface area contributed by atoms with Crippen LogP contribution in [0.2, 0.25) is 0 Å². The molecule has 2 aliphatic rings. The molecule has 1 unspecified atom stereocenters. The van der Waals surface area contributed by atoms with Crippen molar-refractivity contribution in [3.8, 4) is 0 Å². The molecule has 2 heterocycles. The van der Waals surface area contributed by atoms with Crippen LogP contribution in [0.5, 0.6) is 0 Å². The van der Waals surface area contributed by atoms with Crippen LogP contribution in [-0.4, -0.2) is 31.7 Å². The summed E-state index contributed by atoms with van der Waals surface area (Å²) in [4.78, 5) is 13.9. The van der Waals surface area contributed by atoms with Crippen LogP contribution in [0.3, 0.4) is 0 Å². The number of benzene rings is 1. The summed E-state index contributed by atoms with van der Waals surface area (Å²) in [5, 5.41) is 0. The maximum Gasteiger partial charge on any atom is 0.338 e. The van der Waals surface area contributed by atoms with E-state index in [9.17, 15) is 4.79 Å². The van der Waals surface area contributed by atoms with E-state index in [0.717, 1.165) is 11.6 Å². The lowest BCUT2D eigenvalue weighted by atomic mass is 9.84. The number of ether oxygens (including phenoxy) is 1. The fraction of sp³-hybridized carbons (Fsp3) is 0.611. The Morgan fingerprint density at radius 1 is 1.24 bits per heavy atom. The number of rotatable bonds is 3. The highest BCUT2D eigenvalue weighted by molar-refractivity contribution is 5.89. The van der Waals surface area contributed by atoms with Gasteiger partial charge in [0.05, 0.1) is 24.7 Å². The van der Waals surface area contributed by atoms with Crippen LogP contribution in [0, 0.1) is 12.8 Å². The van der Waals surface area contributed by atoms with Gasteiger partial charge in [0.15, 0.2) is 0 Å². The quantitative estimate of drug-likeness (QED) is 0.863. The van der Waals surface area contributed by atoms with E-state index in [-0.39, 0.29) is 5.97 Å². The summed E-state index contributed by atoms with van der Waals surface area (Å²) in [6.45, 7) is 5.22. The summed E-state index contributed by atoms with van der Waals surface area (Å²) in [6.07, 6.45) is 6.51. The maximum absolute atomic E-state index is 12.2. The second-order valence-electron chi connectivity index (χ2n) is 6.63. The minimum atomic E-state index is -0.165. The van der Waals surface area contributed by atoms with Gasteiger partial charge in [0.2, 0.25) is 0 Å². The van der Waals surface area contributed by atoms with Gasteiger partial charge in [-0.3, -0.25) is 0 Å². The number of carbonyl (C=O) groups excluding carboxylic acids is 1. The van der Waals surface area contributed by atoms with Crippen LogP contribution >= 0.6 is 0 Å². The number of piperidine rings is 2. The van der Waals surface area contributed by atoms with E-state index in [4.69, 9.17) is 4.74 Å². The molecule has 114 valence electrons. The van der Waals surface area contributed by atoms with E-state index in [1.165, 1.54) is 45.2 Å². The van der Waals surface area contributed by atoms with Crippen molar-refractivity contribution in [2.45, 2.75) is 45.1 Å². The highest BCUT2D eigenvalue weighted by atomic mass is 16.5. The summed E-state index contributed by atoms with van der Waals surface area (Å²) < 4.78 is 5.62. The van der Waals surface area contributed by atoms with Gasteiger partial charge in [0.25, 0.3) is 0 Å². The fourth-order valence-electron chi connectivity index (χ4n) is 4.02. The molecule has 3 rings (SSSR count). The zero-order valence-corrected chi connectivity index (χ0v) is 12.9. The molecule has 21 heavy (non-hydrogen) atoms. The van der Waals surface area contributed by atoms with Gasteiger partial charge in [-0.25, -0.2) is 4.79 Å². The van der Waals surface area contributed by atoms with Crippen molar-refractivity contribution in [2.75, 3.05) is 19.7 Å². The molecule has 3 atom stereocenters. The first kappa shape index (κ1) is 14.6. The van der Waals surface area contributed by atoms with Crippen molar-refractivity contribution < 1.29 is 14.4 Å². The molecule has 3 heteroatoms. The van der Waals surface area contributed by atoms with Gasteiger partial charge < -0.3 is 9.64 Å². The Balaban J connectivity index is 1.57. The molecule has 1 aromatic rings.